The first-order valence-corrected chi connectivity index (χ1v) is 12.6. The quantitative estimate of drug-likeness (QED) is 0.234. The number of hydrogen-bond acceptors (Lipinski definition) is 5. The maximum Gasteiger partial charge on any atom is 0.264 e. The van der Waals surface area contributed by atoms with Gasteiger partial charge in [0.2, 0.25) is 10.0 Å². The van der Waals surface area contributed by atoms with Crippen LogP contribution in [0.3, 0.4) is 0 Å². The molecule has 3 rings (SSSR count). The van der Waals surface area contributed by atoms with E-state index in [0.717, 1.165) is 36.0 Å². The van der Waals surface area contributed by atoms with E-state index in [1.165, 1.54) is 12.1 Å². The second-order valence-electron chi connectivity index (χ2n) is 7.65. The van der Waals surface area contributed by atoms with Gasteiger partial charge in [-0.05, 0) is 47.4 Å². The highest BCUT2D eigenvalue weighted by atomic mass is 32.2. The second-order valence-corrected chi connectivity index (χ2v) is 9.49. The number of amides is 1. The lowest BCUT2D eigenvalue weighted by molar-refractivity contribution is 0.0981. The summed E-state index contributed by atoms with van der Waals surface area (Å²) < 4.78 is 26.2. The van der Waals surface area contributed by atoms with Gasteiger partial charge >= 0.3 is 0 Å². The Morgan fingerprint density at radius 2 is 1.55 bits per heavy atom. The van der Waals surface area contributed by atoms with Crippen LogP contribution >= 0.6 is 0 Å². The van der Waals surface area contributed by atoms with Crippen molar-refractivity contribution in [2.24, 2.45) is 5.16 Å². The molecule has 0 heterocycles. The third-order valence-electron chi connectivity index (χ3n) is 5.01. The molecule has 1 N–H and O–H groups in total. The Labute approximate surface area is 195 Å². The number of oxime groups is 1. The molecule has 0 radical (unpaired) electrons. The summed E-state index contributed by atoms with van der Waals surface area (Å²) >= 11 is 0. The number of unbranched alkanes of at least 4 members (excludes halogenated alkanes) is 3. The molecule has 1 amide bonds. The van der Waals surface area contributed by atoms with Gasteiger partial charge in [-0.3, -0.25) is 4.79 Å². The Kier molecular flexibility index (Phi) is 8.78. The lowest BCUT2D eigenvalue weighted by atomic mass is 10.0. The van der Waals surface area contributed by atoms with E-state index in [2.05, 4.69) is 28.9 Å². The molecule has 172 valence electrons. The Morgan fingerprint density at radius 3 is 2.21 bits per heavy atom. The SMILES string of the molecule is CCCCCCS(=O)(=O)NC(=O)c1ccc(O/N=C/c2ccc(-c3ccccc3)cc2)cc1. The maximum atomic E-state index is 12.2. The molecule has 0 saturated carbocycles. The first-order chi connectivity index (χ1) is 16.0. The van der Waals surface area contributed by atoms with Crippen molar-refractivity contribution in [1.29, 1.82) is 0 Å². The van der Waals surface area contributed by atoms with Gasteiger partial charge in [0.1, 0.15) is 0 Å². The molecule has 7 heteroatoms. The van der Waals surface area contributed by atoms with Gasteiger partial charge in [0.15, 0.2) is 5.75 Å². The number of nitrogens with zero attached hydrogens (tertiary/aromatic N) is 1. The lowest BCUT2D eigenvalue weighted by Gasteiger charge is -2.07. The van der Waals surface area contributed by atoms with Gasteiger partial charge in [-0.25, -0.2) is 13.1 Å². The molecule has 0 aliphatic rings. The molecule has 0 aliphatic carbocycles. The van der Waals surface area contributed by atoms with Crippen molar-refractivity contribution in [3.8, 4) is 16.9 Å². The van der Waals surface area contributed by atoms with Gasteiger partial charge < -0.3 is 4.84 Å². The Hall–Kier alpha value is -3.45. The summed E-state index contributed by atoms with van der Waals surface area (Å²) in [7, 11) is -3.64. The number of nitrogens with one attached hydrogen (secondary N) is 1. The molecule has 6 nitrogen and oxygen atoms in total. The van der Waals surface area contributed by atoms with Crippen molar-refractivity contribution < 1.29 is 18.0 Å². The van der Waals surface area contributed by atoms with Crippen LogP contribution in [0, 0.1) is 0 Å². The van der Waals surface area contributed by atoms with Crippen LogP contribution in [0.4, 0.5) is 0 Å². The van der Waals surface area contributed by atoms with Crippen molar-refractivity contribution in [2.75, 3.05) is 5.75 Å². The van der Waals surface area contributed by atoms with Crippen LogP contribution in [-0.2, 0) is 10.0 Å². The van der Waals surface area contributed by atoms with E-state index < -0.39 is 15.9 Å². The fourth-order valence-electron chi connectivity index (χ4n) is 3.18. The van der Waals surface area contributed by atoms with E-state index in [0.29, 0.717) is 12.2 Å². The van der Waals surface area contributed by atoms with Gasteiger partial charge in [0, 0.05) is 5.56 Å². The predicted octanol–water partition coefficient (Wildman–Crippen LogP) is 5.41. The van der Waals surface area contributed by atoms with E-state index in [1.54, 1.807) is 18.3 Å². The number of sulfonamides is 1. The minimum Gasteiger partial charge on any atom is -0.357 e. The molecular weight excluding hydrogens is 436 g/mol. The van der Waals surface area contributed by atoms with E-state index in [1.807, 2.05) is 42.5 Å². The second kappa shape index (κ2) is 12.0. The molecular formula is C26H28N2O4S. The Morgan fingerprint density at radius 1 is 0.879 bits per heavy atom. The molecule has 0 fully saturated rings. The fourth-order valence-corrected chi connectivity index (χ4v) is 4.26. The Balaban J connectivity index is 1.51. The van der Waals surface area contributed by atoms with E-state index in [-0.39, 0.29) is 11.3 Å². The number of rotatable bonds is 11. The predicted molar refractivity (Wildman–Crippen MR) is 132 cm³/mol. The lowest BCUT2D eigenvalue weighted by Crippen LogP contribution is -2.32. The molecule has 0 aliphatic heterocycles. The normalized spacial score (nSPS) is 11.4. The standard InChI is InChI=1S/C26H28N2O4S/c1-2-3-4-8-19-33(30,31)28-26(29)24-15-17-25(18-16-24)32-27-20-21-11-13-23(14-12-21)22-9-6-5-7-10-22/h5-7,9-18,20H,2-4,8,19H2,1H3,(H,28,29)/b27-20+. The molecule has 0 spiro atoms. The summed E-state index contributed by atoms with van der Waals surface area (Å²) in [6.07, 6.45) is 4.96. The highest BCUT2D eigenvalue weighted by Crippen LogP contribution is 2.19. The van der Waals surface area contributed by atoms with E-state index in [9.17, 15) is 13.2 Å². The summed E-state index contributed by atoms with van der Waals surface area (Å²) in [4.78, 5) is 17.6. The summed E-state index contributed by atoms with van der Waals surface area (Å²) in [5.74, 6) is -0.272. The van der Waals surface area contributed by atoms with Crippen LogP contribution in [0.1, 0.15) is 48.5 Å². The minimum atomic E-state index is -3.64. The number of carbonyl (C=O) groups excluding carboxylic acids is 1. The zero-order chi connectivity index (χ0) is 23.5. The summed E-state index contributed by atoms with van der Waals surface area (Å²) in [5.41, 5.74) is 3.38. The van der Waals surface area contributed by atoms with Crippen molar-refractivity contribution in [2.45, 2.75) is 32.6 Å². The van der Waals surface area contributed by atoms with Crippen molar-refractivity contribution in [1.82, 2.24) is 4.72 Å². The van der Waals surface area contributed by atoms with Crippen LogP contribution in [0.2, 0.25) is 0 Å². The van der Waals surface area contributed by atoms with E-state index >= 15 is 0 Å². The van der Waals surface area contributed by atoms with Crippen LogP contribution in [0.5, 0.6) is 5.75 Å². The average molecular weight is 465 g/mol. The Bertz CT molecular complexity index is 1160. The fraction of sp³-hybridized carbons (Fsp3) is 0.231. The van der Waals surface area contributed by atoms with Crippen molar-refractivity contribution >= 4 is 22.1 Å². The monoisotopic (exact) mass is 464 g/mol. The smallest absolute Gasteiger partial charge is 0.264 e. The minimum absolute atomic E-state index is 0.0546. The van der Waals surface area contributed by atoms with Gasteiger partial charge in [0.25, 0.3) is 5.91 Å². The van der Waals surface area contributed by atoms with Crippen molar-refractivity contribution in [3.05, 3.63) is 90.0 Å². The first-order valence-electron chi connectivity index (χ1n) is 11.0. The number of benzene rings is 3. The van der Waals surface area contributed by atoms with Crippen LogP contribution in [0.25, 0.3) is 11.1 Å². The van der Waals surface area contributed by atoms with Gasteiger partial charge in [-0.2, -0.15) is 0 Å². The third kappa shape index (κ3) is 7.88. The van der Waals surface area contributed by atoms with E-state index in [4.69, 9.17) is 4.84 Å². The number of hydrogen-bond donors (Lipinski definition) is 1. The highest BCUT2D eigenvalue weighted by Gasteiger charge is 2.15. The van der Waals surface area contributed by atoms with Crippen LogP contribution in [-0.4, -0.2) is 26.3 Å². The van der Waals surface area contributed by atoms with Gasteiger partial charge in [0.05, 0.1) is 12.0 Å². The third-order valence-corrected chi connectivity index (χ3v) is 6.33. The summed E-state index contributed by atoms with van der Waals surface area (Å²) in [6.45, 7) is 2.05. The summed E-state index contributed by atoms with van der Waals surface area (Å²) in [5, 5.41) is 3.98. The topological polar surface area (TPSA) is 84.8 Å². The molecule has 0 unspecified atom stereocenters. The first kappa shape index (κ1) is 24.2. The molecule has 0 saturated heterocycles. The van der Waals surface area contributed by atoms with Gasteiger partial charge in [-0.15, -0.1) is 0 Å². The van der Waals surface area contributed by atoms with Crippen molar-refractivity contribution in [3.63, 3.8) is 0 Å². The molecule has 3 aromatic carbocycles. The zero-order valence-corrected chi connectivity index (χ0v) is 19.4. The maximum absolute atomic E-state index is 12.2. The molecule has 0 aromatic heterocycles. The largest absolute Gasteiger partial charge is 0.357 e. The summed E-state index contributed by atoms with van der Waals surface area (Å²) in [6, 6.07) is 24.2. The zero-order valence-electron chi connectivity index (χ0n) is 18.6. The molecule has 33 heavy (non-hydrogen) atoms. The molecule has 0 bridgehead atoms. The molecule has 3 aromatic rings. The number of carbonyl (C=O) groups is 1. The van der Waals surface area contributed by atoms with Crippen LogP contribution < -0.4 is 9.56 Å². The highest BCUT2D eigenvalue weighted by molar-refractivity contribution is 7.90. The van der Waals surface area contributed by atoms with Crippen LogP contribution in [0.15, 0.2) is 84.0 Å². The van der Waals surface area contributed by atoms with Gasteiger partial charge in [-0.1, -0.05) is 85.9 Å². The molecule has 0 atom stereocenters. The average Bonchev–Trinajstić information content (AvgIpc) is 2.83.